The van der Waals surface area contributed by atoms with Gasteiger partial charge in [-0.15, -0.1) is 11.8 Å². The second-order valence-electron chi connectivity index (χ2n) is 7.71. The number of hydrogen-bond donors (Lipinski definition) is 1. The molecule has 0 heterocycles. The van der Waals surface area contributed by atoms with Crippen LogP contribution in [0.1, 0.15) is 16.7 Å². The van der Waals surface area contributed by atoms with Crippen LogP contribution in [-0.4, -0.2) is 35.6 Å². The number of nitrogens with zero attached hydrogens (tertiary/aromatic N) is 1. The van der Waals surface area contributed by atoms with Crippen LogP contribution in [0.3, 0.4) is 0 Å². The van der Waals surface area contributed by atoms with Crippen LogP contribution in [0.5, 0.6) is 0 Å². The molecule has 0 saturated carbocycles. The van der Waals surface area contributed by atoms with E-state index in [4.69, 9.17) is 23.2 Å². The molecule has 34 heavy (non-hydrogen) atoms. The number of nitrogens with one attached hydrogen (secondary N) is 1. The average Bonchev–Trinajstić information content (AvgIpc) is 2.84. The molecule has 1 N–H and O–H groups in total. The molecule has 0 saturated heterocycles. The second-order valence-corrected chi connectivity index (χ2v) is 9.51. The van der Waals surface area contributed by atoms with Gasteiger partial charge in [-0.1, -0.05) is 71.7 Å². The summed E-state index contributed by atoms with van der Waals surface area (Å²) in [6.45, 7) is 0.206. The van der Waals surface area contributed by atoms with E-state index in [9.17, 15) is 14.0 Å². The summed E-state index contributed by atoms with van der Waals surface area (Å²) >= 11 is 13.7. The van der Waals surface area contributed by atoms with Gasteiger partial charge in [0.25, 0.3) is 0 Å². The molecule has 0 aliphatic carbocycles. The molecule has 0 aromatic heterocycles. The van der Waals surface area contributed by atoms with Crippen LogP contribution >= 0.6 is 35.0 Å². The summed E-state index contributed by atoms with van der Waals surface area (Å²) in [5, 5.41) is 3.50. The first-order valence-electron chi connectivity index (χ1n) is 10.7. The second kappa shape index (κ2) is 12.8. The number of halogens is 3. The third-order valence-electron chi connectivity index (χ3n) is 5.26. The van der Waals surface area contributed by atoms with Gasteiger partial charge >= 0.3 is 0 Å². The highest BCUT2D eigenvalue weighted by Gasteiger charge is 2.29. The van der Waals surface area contributed by atoms with Crippen molar-refractivity contribution in [2.24, 2.45) is 0 Å². The fraction of sp³-hybridized carbons (Fsp3) is 0.231. The maximum Gasteiger partial charge on any atom is 0.242 e. The number of amides is 2. The lowest BCUT2D eigenvalue weighted by Crippen LogP contribution is -2.50. The molecule has 4 nitrogen and oxygen atoms in total. The van der Waals surface area contributed by atoms with Gasteiger partial charge in [-0.3, -0.25) is 9.59 Å². The van der Waals surface area contributed by atoms with Crippen LogP contribution in [0, 0.1) is 5.82 Å². The van der Waals surface area contributed by atoms with Crippen molar-refractivity contribution in [2.45, 2.75) is 24.8 Å². The first-order chi connectivity index (χ1) is 16.4. The monoisotopic (exact) mass is 518 g/mol. The molecule has 1 unspecified atom stereocenters. The van der Waals surface area contributed by atoms with Gasteiger partial charge in [0.15, 0.2) is 0 Å². The third kappa shape index (κ3) is 7.49. The summed E-state index contributed by atoms with van der Waals surface area (Å²) in [7, 11) is 1.56. The predicted octanol–water partition coefficient (Wildman–Crippen LogP) is 5.75. The maximum atomic E-state index is 13.4. The number of likely N-dealkylation sites (N-methyl/N-ethyl adjacent to an activating group) is 1. The van der Waals surface area contributed by atoms with Gasteiger partial charge in [0, 0.05) is 25.8 Å². The van der Waals surface area contributed by atoms with E-state index >= 15 is 0 Å². The molecule has 178 valence electrons. The Kier molecular flexibility index (Phi) is 9.81. The lowest BCUT2D eigenvalue weighted by atomic mass is 10.0. The van der Waals surface area contributed by atoms with Gasteiger partial charge in [-0.25, -0.2) is 4.39 Å². The van der Waals surface area contributed by atoms with Crippen LogP contribution in [0.15, 0.2) is 72.8 Å². The van der Waals surface area contributed by atoms with Crippen molar-refractivity contribution in [1.29, 1.82) is 0 Å². The summed E-state index contributed by atoms with van der Waals surface area (Å²) in [6, 6.07) is 20.2. The highest BCUT2D eigenvalue weighted by atomic mass is 35.5. The molecule has 0 aliphatic rings. The third-order valence-corrected chi connectivity index (χ3v) is 6.99. The molecule has 0 radical (unpaired) electrons. The number of carbonyl (C=O) groups excluding carboxylic acids is 2. The standard InChI is InChI=1S/C26H25Cl2FN2O2S/c1-30-26(33)24(14-18-5-3-2-4-6-18)31(15-20-9-12-22(27)23(28)13-20)25(32)17-34-16-19-7-10-21(29)11-8-19/h2-13,24H,14-17H2,1H3,(H,30,33). The maximum absolute atomic E-state index is 13.4. The van der Waals surface area contributed by atoms with E-state index in [1.54, 1.807) is 42.3 Å². The molecule has 1 atom stereocenters. The average molecular weight is 519 g/mol. The van der Waals surface area contributed by atoms with Crippen molar-refractivity contribution in [3.05, 3.63) is 105 Å². The predicted molar refractivity (Wildman–Crippen MR) is 138 cm³/mol. The van der Waals surface area contributed by atoms with E-state index in [-0.39, 0.29) is 29.9 Å². The Balaban J connectivity index is 1.82. The largest absolute Gasteiger partial charge is 0.357 e. The van der Waals surface area contributed by atoms with E-state index < -0.39 is 6.04 Å². The zero-order valence-electron chi connectivity index (χ0n) is 18.6. The van der Waals surface area contributed by atoms with Crippen LogP contribution in [0.25, 0.3) is 0 Å². The van der Waals surface area contributed by atoms with Crippen molar-refractivity contribution < 1.29 is 14.0 Å². The van der Waals surface area contributed by atoms with Gasteiger partial charge in [0.05, 0.1) is 15.8 Å². The van der Waals surface area contributed by atoms with Crippen molar-refractivity contribution in [2.75, 3.05) is 12.8 Å². The Morgan fingerprint density at radius 2 is 1.62 bits per heavy atom. The molecule has 3 rings (SSSR count). The molecule has 0 spiro atoms. The zero-order valence-corrected chi connectivity index (χ0v) is 21.0. The lowest BCUT2D eigenvalue weighted by molar-refractivity contribution is -0.139. The van der Waals surface area contributed by atoms with E-state index in [0.29, 0.717) is 22.2 Å². The summed E-state index contributed by atoms with van der Waals surface area (Å²) in [6.07, 6.45) is 0.371. The molecule has 3 aromatic rings. The summed E-state index contributed by atoms with van der Waals surface area (Å²) in [5.41, 5.74) is 2.64. The number of rotatable bonds is 10. The number of benzene rings is 3. The van der Waals surface area contributed by atoms with Gasteiger partial charge < -0.3 is 10.2 Å². The Bertz CT molecular complexity index is 1110. The number of carbonyl (C=O) groups is 2. The summed E-state index contributed by atoms with van der Waals surface area (Å²) in [4.78, 5) is 27.9. The lowest BCUT2D eigenvalue weighted by Gasteiger charge is -2.31. The van der Waals surface area contributed by atoms with Crippen LogP contribution in [0.4, 0.5) is 4.39 Å². The minimum atomic E-state index is -0.708. The van der Waals surface area contributed by atoms with Gasteiger partial charge in [0.2, 0.25) is 11.8 Å². The number of hydrogen-bond acceptors (Lipinski definition) is 3. The van der Waals surface area contributed by atoms with E-state index in [1.807, 2.05) is 30.3 Å². The summed E-state index contributed by atoms with van der Waals surface area (Å²) in [5.74, 6) is -0.00723. The molecule has 0 bridgehead atoms. The minimum Gasteiger partial charge on any atom is -0.357 e. The Hall–Kier alpha value is -2.54. The van der Waals surface area contributed by atoms with Crippen LogP contribution in [0.2, 0.25) is 10.0 Å². The Morgan fingerprint density at radius 3 is 2.26 bits per heavy atom. The highest BCUT2D eigenvalue weighted by Crippen LogP contribution is 2.25. The quantitative estimate of drug-likeness (QED) is 0.371. The first-order valence-corrected chi connectivity index (χ1v) is 12.6. The smallest absolute Gasteiger partial charge is 0.242 e. The Labute approximate surface area is 213 Å². The number of thioether (sulfide) groups is 1. The fourth-order valence-electron chi connectivity index (χ4n) is 3.47. The van der Waals surface area contributed by atoms with Crippen molar-refractivity contribution in [1.82, 2.24) is 10.2 Å². The van der Waals surface area contributed by atoms with Gasteiger partial charge in [-0.2, -0.15) is 0 Å². The topological polar surface area (TPSA) is 49.4 Å². The minimum absolute atomic E-state index is 0.168. The zero-order chi connectivity index (χ0) is 24.5. The van der Waals surface area contributed by atoms with Crippen molar-refractivity contribution >= 4 is 46.8 Å². The van der Waals surface area contributed by atoms with Crippen molar-refractivity contribution in [3.8, 4) is 0 Å². The van der Waals surface area contributed by atoms with Crippen molar-refractivity contribution in [3.63, 3.8) is 0 Å². The summed E-state index contributed by atoms with van der Waals surface area (Å²) < 4.78 is 13.2. The van der Waals surface area contributed by atoms with E-state index in [0.717, 1.165) is 16.7 Å². The van der Waals surface area contributed by atoms with Gasteiger partial charge in [-0.05, 0) is 41.0 Å². The van der Waals surface area contributed by atoms with E-state index in [2.05, 4.69) is 5.32 Å². The first kappa shape index (κ1) is 26.1. The molecule has 0 fully saturated rings. The van der Waals surface area contributed by atoms with E-state index in [1.165, 1.54) is 23.9 Å². The molecular formula is C26H25Cl2FN2O2S. The normalized spacial score (nSPS) is 11.6. The molecule has 0 aliphatic heterocycles. The molecule has 8 heteroatoms. The van der Waals surface area contributed by atoms with Crippen LogP contribution in [-0.2, 0) is 28.3 Å². The SMILES string of the molecule is CNC(=O)C(Cc1ccccc1)N(Cc1ccc(Cl)c(Cl)c1)C(=O)CSCc1ccc(F)cc1. The molecule has 2 amide bonds. The molecular weight excluding hydrogens is 494 g/mol. The fourth-order valence-corrected chi connectivity index (χ4v) is 4.67. The Morgan fingerprint density at radius 1 is 0.941 bits per heavy atom. The highest BCUT2D eigenvalue weighted by molar-refractivity contribution is 7.99. The van der Waals surface area contributed by atoms with Gasteiger partial charge in [0.1, 0.15) is 11.9 Å². The van der Waals surface area contributed by atoms with Crippen LogP contribution < -0.4 is 5.32 Å². The molecule has 3 aromatic carbocycles.